The number of nitrogens with zero attached hydrogens (tertiary/aromatic N) is 1. The molecule has 0 aromatic rings. The predicted octanol–water partition coefficient (Wildman–Crippen LogP) is -0.252. The maximum atomic E-state index is 11.0. The molecule has 11 heavy (non-hydrogen) atoms. The van der Waals surface area contributed by atoms with E-state index in [9.17, 15) is 9.59 Å². The number of rotatable bonds is 2. The fraction of sp³-hybridized carbons (Fsp3) is 0.833. The van der Waals surface area contributed by atoms with Gasteiger partial charge in [0.15, 0.2) is 0 Å². The second-order valence-corrected chi connectivity index (χ2v) is 7.41. The molecule has 0 radical (unpaired) electrons. The van der Waals surface area contributed by atoms with Crippen molar-refractivity contribution in [3.8, 4) is 0 Å². The molecule has 0 aliphatic carbocycles. The van der Waals surface area contributed by atoms with E-state index in [0.29, 0.717) is 12.7 Å². The molecule has 2 N–H and O–H groups in total. The Kier molecular flexibility index (Phi) is 2.19. The van der Waals surface area contributed by atoms with E-state index in [1.54, 1.807) is 4.90 Å². The second-order valence-electron chi connectivity index (χ2n) is 3.47. The summed E-state index contributed by atoms with van der Waals surface area (Å²) in [5, 5.41) is 2.69. The van der Waals surface area contributed by atoms with Gasteiger partial charge in [-0.1, -0.05) is 0 Å². The summed E-state index contributed by atoms with van der Waals surface area (Å²) in [6, 6.07) is -0.0420. The zero-order valence-electron chi connectivity index (χ0n) is 6.92. The van der Waals surface area contributed by atoms with Crippen LogP contribution in [0.4, 0.5) is 4.79 Å². The molecule has 1 aliphatic heterocycles. The number of carbonyl (C=O) groups is 1. The third kappa shape index (κ3) is 2.51. The van der Waals surface area contributed by atoms with E-state index in [2.05, 4.69) is 5.32 Å². The van der Waals surface area contributed by atoms with Crippen molar-refractivity contribution in [1.82, 2.24) is 10.2 Å². The van der Waals surface area contributed by atoms with Crippen molar-refractivity contribution < 1.29 is 9.59 Å². The molecule has 1 saturated heterocycles. The lowest BCUT2D eigenvalue weighted by molar-refractivity contribution is 0.221. The van der Waals surface area contributed by atoms with Gasteiger partial charge in [0.25, 0.3) is 0 Å². The van der Waals surface area contributed by atoms with Crippen molar-refractivity contribution in [3.63, 3.8) is 0 Å². The average Bonchev–Trinajstić information content (AvgIpc) is 2.12. The number of hydrogen-bond acceptors (Lipinski definition) is 2. The maximum absolute atomic E-state index is 11.0. The van der Waals surface area contributed by atoms with Crippen molar-refractivity contribution in [2.24, 2.45) is 0 Å². The van der Waals surface area contributed by atoms with Gasteiger partial charge in [-0.25, -0.2) is 4.79 Å². The minimum absolute atomic E-state index is 0.0420. The standard InChI is InChI=1S/C6H14N2O2Si/c1-11(2,10)5-8-4-3-7-6(8)9/h10H,3-5H2,1-2H3,(H,7,9). The molecular weight excluding hydrogens is 160 g/mol. The van der Waals surface area contributed by atoms with E-state index in [4.69, 9.17) is 0 Å². The molecule has 0 bridgehead atoms. The quantitative estimate of drug-likeness (QED) is 0.567. The summed E-state index contributed by atoms with van der Waals surface area (Å²) in [6.07, 6.45) is 0.541. The Morgan fingerprint density at radius 1 is 1.73 bits per heavy atom. The summed E-state index contributed by atoms with van der Waals surface area (Å²) >= 11 is 0. The van der Waals surface area contributed by atoms with Crippen molar-refractivity contribution in [2.45, 2.75) is 13.1 Å². The molecule has 0 saturated carbocycles. The van der Waals surface area contributed by atoms with Crippen LogP contribution in [0.25, 0.3) is 0 Å². The molecule has 0 spiro atoms. The van der Waals surface area contributed by atoms with Crippen LogP contribution in [0.15, 0.2) is 0 Å². The number of nitrogens with one attached hydrogen (secondary N) is 1. The lowest BCUT2D eigenvalue weighted by Crippen LogP contribution is -2.44. The summed E-state index contributed by atoms with van der Waals surface area (Å²) in [5.74, 6) is 0. The first-order chi connectivity index (χ1) is 4.99. The van der Waals surface area contributed by atoms with Gasteiger partial charge in [-0.3, -0.25) is 0 Å². The van der Waals surface area contributed by atoms with Crippen molar-refractivity contribution in [3.05, 3.63) is 0 Å². The van der Waals surface area contributed by atoms with Crippen LogP contribution in [-0.4, -0.2) is 43.3 Å². The Balaban J connectivity index is 2.43. The van der Waals surface area contributed by atoms with E-state index in [0.717, 1.165) is 6.54 Å². The fourth-order valence-electron chi connectivity index (χ4n) is 1.13. The first-order valence-corrected chi connectivity index (χ1v) is 6.90. The Morgan fingerprint density at radius 3 is 2.73 bits per heavy atom. The van der Waals surface area contributed by atoms with Crippen LogP contribution in [0.2, 0.25) is 13.1 Å². The smallest absolute Gasteiger partial charge is 0.317 e. The molecule has 1 rings (SSSR count). The highest BCUT2D eigenvalue weighted by Crippen LogP contribution is 2.03. The zero-order valence-corrected chi connectivity index (χ0v) is 7.92. The molecule has 0 aromatic heterocycles. The van der Waals surface area contributed by atoms with Crippen LogP contribution in [-0.2, 0) is 0 Å². The SMILES string of the molecule is C[Si](C)(O)CN1CCNC1=O. The van der Waals surface area contributed by atoms with Gasteiger partial charge in [-0.2, -0.15) is 0 Å². The highest BCUT2D eigenvalue weighted by Gasteiger charge is 2.27. The first-order valence-electron chi connectivity index (χ1n) is 3.74. The molecule has 0 atom stereocenters. The molecule has 64 valence electrons. The fourth-order valence-corrected chi connectivity index (χ4v) is 2.36. The first kappa shape index (κ1) is 8.54. The molecule has 1 fully saturated rings. The molecule has 2 amide bonds. The number of carbonyl (C=O) groups excluding carboxylic acids is 1. The van der Waals surface area contributed by atoms with Crippen LogP contribution >= 0.6 is 0 Å². The van der Waals surface area contributed by atoms with E-state index >= 15 is 0 Å². The van der Waals surface area contributed by atoms with Gasteiger partial charge in [0.05, 0.1) is 0 Å². The molecule has 1 heterocycles. The number of urea groups is 1. The van der Waals surface area contributed by atoms with Gasteiger partial charge < -0.3 is 15.0 Å². The average molecular weight is 174 g/mol. The van der Waals surface area contributed by atoms with Crippen LogP contribution in [0, 0.1) is 0 Å². The lowest BCUT2D eigenvalue weighted by atomic mass is 10.7. The summed E-state index contributed by atoms with van der Waals surface area (Å²) in [6.45, 7) is 5.11. The third-order valence-electron chi connectivity index (χ3n) is 1.52. The third-order valence-corrected chi connectivity index (χ3v) is 2.68. The monoisotopic (exact) mass is 174 g/mol. The van der Waals surface area contributed by atoms with Crippen LogP contribution in [0.1, 0.15) is 0 Å². The maximum Gasteiger partial charge on any atom is 0.317 e. The minimum atomic E-state index is -2.10. The van der Waals surface area contributed by atoms with Gasteiger partial charge in [0.2, 0.25) is 8.32 Å². The van der Waals surface area contributed by atoms with Crippen molar-refractivity contribution >= 4 is 14.3 Å². The highest BCUT2D eigenvalue weighted by atomic mass is 28.4. The molecule has 1 aliphatic rings. The van der Waals surface area contributed by atoms with Crippen LogP contribution in [0.3, 0.4) is 0 Å². The summed E-state index contributed by atoms with van der Waals surface area (Å²) in [5.41, 5.74) is 0. The summed E-state index contributed by atoms with van der Waals surface area (Å²) in [7, 11) is -2.10. The lowest BCUT2D eigenvalue weighted by Gasteiger charge is -2.21. The Bertz CT molecular complexity index is 166. The number of amides is 2. The summed E-state index contributed by atoms with van der Waals surface area (Å²) in [4.78, 5) is 22.2. The van der Waals surface area contributed by atoms with Gasteiger partial charge in [-0.05, 0) is 13.1 Å². The van der Waals surface area contributed by atoms with E-state index in [-0.39, 0.29) is 6.03 Å². The van der Waals surface area contributed by atoms with Crippen LogP contribution in [0.5, 0.6) is 0 Å². The molecule has 0 unspecified atom stereocenters. The minimum Gasteiger partial charge on any atom is -0.430 e. The molecule has 5 heteroatoms. The van der Waals surface area contributed by atoms with Crippen LogP contribution < -0.4 is 5.32 Å². The highest BCUT2D eigenvalue weighted by molar-refractivity contribution is 6.70. The Hall–Kier alpha value is -0.553. The predicted molar refractivity (Wildman–Crippen MR) is 44.7 cm³/mol. The molecule has 0 aromatic carbocycles. The van der Waals surface area contributed by atoms with Gasteiger partial charge in [-0.15, -0.1) is 0 Å². The largest absolute Gasteiger partial charge is 0.430 e. The van der Waals surface area contributed by atoms with Gasteiger partial charge in [0.1, 0.15) is 0 Å². The van der Waals surface area contributed by atoms with Gasteiger partial charge in [0, 0.05) is 19.3 Å². The van der Waals surface area contributed by atoms with E-state index < -0.39 is 8.32 Å². The van der Waals surface area contributed by atoms with Gasteiger partial charge >= 0.3 is 6.03 Å². The second kappa shape index (κ2) is 2.82. The summed E-state index contributed by atoms with van der Waals surface area (Å²) < 4.78 is 0. The zero-order chi connectivity index (χ0) is 8.48. The van der Waals surface area contributed by atoms with Crippen molar-refractivity contribution in [2.75, 3.05) is 19.3 Å². The van der Waals surface area contributed by atoms with E-state index in [1.807, 2.05) is 13.1 Å². The molecule has 4 nitrogen and oxygen atoms in total. The van der Waals surface area contributed by atoms with Crippen molar-refractivity contribution in [1.29, 1.82) is 0 Å². The van der Waals surface area contributed by atoms with E-state index in [1.165, 1.54) is 0 Å². The normalized spacial score (nSPS) is 18.8. The Morgan fingerprint density at radius 2 is 2.36 bits per heavy atom. The topological polar surface area (TPSA) is 52.6 Å². The Labute approximate surface area is 67.3 Å². The molecular formula is C6H14N2O2Si. The number of hydrogen-bond donors (Lipinski definition) is 2.